The third kappa shape index (κ3) is 7.94. The highest BCUT2D eigenvalue weighted by atomic mass is 16.6. The van der Waals surface area contributed by atoms with Crippen molar-refractivity contribution in [2.45, 2.75) is 73.5 Å². The maximum atomic E-state index is 14.1. The minimum absolute atomic E-state index is 0.0793. The Morgan fingerprint density at radius 2 is 1.37 bits per heavy atom. The summed E-state index contributed by atoms with van der Waals surface area (Å²) in [6.07, 6.45) is 0.281. The fourth-order valence-electron chi connectivity index (χ4n) is 4.43. The summed E-state index contributed by atoms with van der Waals surface area (Å²) in [5.74, 6) is -5.43. The van der Waals surface area contributed by atoms with E-state index in [-0.39, 0.29) is 22.4 Å². The molecule has 9 nitrogen and oxygen atoms in total. The Hall–Kier alpha value is -4.79. The summed E-state index contributed by atoms with van der Waals surface area (Å²) in [5.41, 5.74) is 1.66. The van der Waals surface area contributed by atoms with Crippen LogP contribution in [0.25, 0.3) is 0 Å². The molecule has 226 valence electrons. The van der Waals surface area contributed by atoms with Crippen LogP contribution in [0.5, 0.6) is 5.75 Å². The number of hydrazine groups is 1. The van der Waals surface area contributed by atoms with E-state index in [2.05, 4.69) is 0 Å². The number of hydrogen-bond donors (Lipinski definition) is 0. The molecule has 0 radical (unpaired) electrons. The van der Waals surface area contributed by atoms with Gasteiger partial charge in [-0.25, -0.2) is 14.6 Å². The smallest absolute Gasteiger partial charge is 0.404 e. The standard InChI is InChI=1S/C34H38N2O7/c1-9-24-14-16-25(17-15-24)29(37)35(36(34(6,7)8)30(38)26-19-22(4)18-23(5)20-26)31(39)33(41)43-28-13-11-10-12-27(28)32(40)42-21(2)3/h10-21H,9H2,1-8H3. The Balaban J connectivity index is 2.12. The molecular weight excluding hydrogens is 548 g/mol. The summed E-state index contributed by atoms with van der Waals surface area (Å²) < 4.78 is 10.6. The van der Waals surface area contributed by atoms with Crippen molar-refractivity contribution in [3.63, 3.8) is 0 Å². The second kappa shape index (κ2) is 13.5. The van der Waals surface area contributed by atoms with Gasteiger partial charge in [0.15, 0.2) is 0 Å². The van der Waals surface area contributed by atoms with Crippen molar-refractivity contribution >= 4 is 29.7 Å². The van der Waals surface area contributed by atoms with Gasteiger partial charge in [0.05, 0.1) is 11.6 Å². The second-order valence-electron chi connectivity index (χ2n) is 11.5. The number of para-hydroxylation sites is 1. The predicted octanol–water partition coefficient (Wildman–Crippen LogP) is 5.86. The molecule has 0 fully saturated rings. The molecule has 43 heavy (non-hydrogen) atoms. The molecule has 0 heterocycles. The molecule has 0 saturated carbocycles. The lowest BCUT2D eigenvalue weighted by Gasteiger charge is -2.41. The van der Waals surface area contributed by atoms with Crippen molar-refractivity contribution in [2.75, 3.05) is 0 Å². The molecule has 0 aliphatic carbocycles. The van der Waals surface area contributed by atoms with Crippen molar-refractivity contribution in [3.8, 4) is 5.75 Å². The fraction of sp³-hybridized carbons (Fsp3) is 0.324. The molecule has 9 heteroatoms. The zero-order valence-corrected chi connectivity index (χ0v) is 25.9. The Labute approximate surface area is 252 Å². The molecule has 3 rings (SSSR count). The Morgan fingerprint density at radius 1 is 0.791 bits per heavy atom. The largest absolute Gasteiger partial charge is 0.459 e. The summed E-state index contributed by atoms with van der Waals surface area (Å²) in [5, 5.41) is 1.50. The van der Waals surface area contributed by atoms with E-state index in [4.69, 9.17) is 9.47 Å². The summed E-state index contributed by atoms with van der Waals surface area (Å²) in [6, 6.07) is 17.5. The predicted molar refractivity (Wildman–Crippen MR) is 161 cm³/mol. The van der Waals surface area contributed by atoms with Crippen LogP contribution in [0.15, 0.2) is 66.7 Å². The summed E-state index contributed by atoms with van der Waals surface area (Å²) >= 11 is 0. The molecule has 3 aromatic rings. The van der Waals surface area contributed by atoms with Gasteiger partial charge in [-0.1, -0.05) is 48.4 Å². The first-order valence-electron chi connectivity index (χ1n) is 14.1. The highest BCUT2D eigenvalue weighted by Gasteiger charge is 2.43. The molecule has 0 saturated heterocycles. The number of aryl methyl sites for hydroxylation is 3. The second-order valence-corrected chi connectivity index (χ2v) is 11.5. The number of benzene rings is 3. The molecule has 3 aromatic carbocycles. The molecule has 0 N–H and O–H groups in total. The zero-order chi connectivity index (χ0) is 32.1. The number of imide groups is 1. The van der Waals surface area contributed by atoms with Gasteiger partial charge in [-0.05, 0) is 96.8 Å². The van der Waals surface area contributed by atoms with E-state index in [0.717, 1.165) is 28.1 Å². The van der Waals surface area contributed by atoms with E-state index in [1.165, 1.54) is 30.3 Å². The maximum absolute atomic E-state index is 14.1. The molecule has 0 spiro atoms. The van der Waals surface area contributed by atoms with Gasteiger partial charge in [-0.3, -0.25) is 14.4 Å². The van der Waals surface area contributed by atoms with Crippen LogP contribution in [-0.2, 0) is 20.7 Å². The Morgan fingerprint density at radius 3 is 1.91 bits per heavy atom. The van der Waals surface area contributed by atoms with Crippen LogP contribution < -0.4 is 4.74 Å². The highest BCUT2D eigenvalue weighted by Crippen LogP contribution is 2.26. The zero-order valence-electron chi connectivity index (χ0n) is 25.9. The molecule has 0 atom stereocenters. The number of esters is 2. The van der Waals surface area contributed by atoms with E-state index in [0.29, 0.717) is 5.01 Å². The van der Waals surface area contributed by atoms with Gasteiger partial charge in [0, 0.05) is 11.1 Å². The Bertz CT molecular complexity index is 1510. The average Bonchev–Trinajstić information content (AvgIpc) is 2.93. The Kier molecular flexibility index (Phi) is 10.2. The molecule has 0 unspecified atom stereocenters. The average molecular weight is 587 g/mol. The van der Waals surface area contributed by atoms with E-state index < -0.39 is 41.3 Å². The molecular formula is C34H38N2O7. The first-order valence-corrected chi connectivity index (χ1v) is 14.1. The van der Waals surface area contributed by atoms with Gasteiger partial charge >= 0.3 is 17.8 Å². The number of carbonyl (C=O) groups excluding carboxylic acids is 5. The number of nitrogens with zero attached hydrogens (tertiary/aromatic N) is 2. The molecule has 0 aliphatic heterocycles. The van der Waals surface area contributed by atoms with Gasteiger partial charge < -0.3 is 9.47 Å². The minimum atomic E-state index is -1.47. The van der Waals surface area contributed by atoms with Crippen LogP contribution >= 0.6 is 0 Å². The van der Waals surface area contributed by atoms with Gasteiger partial charge in [-0.15, -0.1) is 0 Å². The van der Waals surface area contributed by atoms with Crippen LogP contribution in [-0.4, -0.2) is 51.3 Å². The van der Waals surface area contributed by atoms with Crippen LogP contribution in [0.3, 0.4) is 0 Å². The first kappa shape index (κ1) is 32.7. The van der Waals surface area contributed by atoms with Crippen molar-refractivity contribution in [1.29, 1.82) is 0 Å². The van der Waals surface area contributed by atoms with Gasteiger partial charge in [0.2, 0.25) is 0 Å². The highest BCUT2D eigenvalue weighted by molar-refractivity contribution is 6.37. The number of ether oxygens (including phenoxy) is 2. The van der Waals surface area contributed by atoms with Crippen molar-refractivity contribution in [2.24, 2.45) is 0 Å². The fourth-order valence-corrected chi connectivity index (χ4v) is 4.43. The quantitative estimate of drug-likeness (QED) is 0.154. The van der Waals surface area contributed by atoms with E-state index in [9.17, 15) is 24.0 Å². The van der Waals surface area contributed by atoms with E-state index >= 15 is 0 Å². The number of carbonyl (C=O) groups is 5. The van der Waals surface area contributed by atoms with Crippen LogP contribution in [0.2, 0.25) is 0 Å². The van der Waals surface area contributed by atoms with Gasteiger partial charge in [0.25, 0.3) is 11.8 Å². The molecule has 3 amide bonds. The lowest BCUT2D eigenvalue weighted by atomic mass is 10.0. The molecule has 0 aromatic heterocycles. The van der Waals surface area contributed by atoms with Crippen LogP contribution in [0.1, 0.15) is 89.3 Å². The normalized spacial score (nSPS) is 11.1. The SMILES string of the molecule is CCc1ccc(C(=O)N(C(=O)C(=O)Oc2ccccc2C(=O)OC(C)C)N(C(=O)c2cc(C)cc(C)c2)C(C)(C)C)cc1. The number of amides is 3. The minimum Gasteiger partial charge on any atom is -0.459 e. The number of hydrogen-bond acceptors (Lipinski definition) is 7. The van der Waals surface area contributed by atoms with E-state index in [1.54, 1.807) is 65.0 Å². The molecule has 0 bridgehead atoms. The first-order chi connectivity index (χ1) is 20.1. The lowest BCUT2D eigenvalue weighted by Crippen LogP contribution is -2.62. The molecule has 0 aliphatic rings. The maximum Gasteiger partial charge on any atom is 0.404 e. The van der Waals surface area contributed by atoms with E-state index in [1.807, 2.05) is 26.8 Å². The van der Waals surface area contributed by atoms with Crippen molar-refractivity contribution in [3.05, 3.63) is 100 Å². The summed E-state index contributed by atoms with van der Waals surface area (Å²) in [6.45, 7) is 13.9. The van der Waals surface area contributed by atoms with Crippen LogP contribution in [0.4, 0.5) is 0 Å². The van der Waals surface area contributed by atoms with Crippen molar-refractivity contribution in [1.82, 2.24) is 10.0 Å². The third-order valence-electron chi connectivity index (χ3n) is 6.32. The van der Waals surface area contributed by atoms with Crippen molar-refractivity contribution < 1.29 is 33.4 Å². The monoisotopic (exact) mass is 586 g/mol. The number of rotatable bonds is 6. The third-order valence-corrected chi connectivity index (χ3v) is 6.32. The lowest BCUT2D eigenvalue weighted by molar-refractivity contribution is -0.161. The van der Waals surface area contributed by atoms with Gasteiger partial charge in [-0.2, -0.15) is 5.01 Å². The topological polar surface area (TPSA) is 110 Å². The van der Waals surface area contributed by atoms with Gasteiger partial charge in [0.1, 0.15) is 11.3 Å². The summed E-state index contributed by atoms with van der Waals surface area (Å²) in [4.78, 5) is 68.1. The van der Waals surface area contributed by atoms with Crippen LogP contribution in [0, 0.1) is 13.8 Å². The summed E-state index contributed by atoms with van der Waals surface area (Å²) in [7, 11) is 0.